The zero-order valence-corrected chi connectivity index (χ0v) is 12.6. The van der Waals surface area contributed by atoms with E-state index in [1.54, 1.807) is 7.05 Å². The average Bonchev–Trinajstić information content (AvgIpc) is 2.54. The van der Waals surface area contributed by atoms with Crippen LogP contribution < -0.4 is 4.90 Å². The summed E-state index contributed by atoms with van der Waals surface area (Å²) in [4.78, 5) is 15.5. The highest BCUT2D eigenvalue weighted by Gasteiger charge is 2.12. The van der Waals surface area contributed by atoms with Gasteiger partial charge in [0.05, 0.1) is 6.61 Å². The number of anilines is 1. The van der Waals surface area contributed by atoms with Gasteiger partial charge in [-0.05, 0) is 37.0 Å². The predicted octanol–water partition coefficient (Wildman–Crippen LogP) is 2.24. The molecule has 5 heteroatoms. The van der Waals surface area contributed by atoms with Crippen molar-refractivity contribution >= 4 is 11.8 Å². The molecule has 0 saturated carbocycles. The third-order valence-electron chi connectivity index (χ3n) is 3.71. The van der Waals surface area contributed by atoms with Crippen LogP contribution >= 0.6 is 0 Å². The Labute approximate surface area is 126 Å². The molecule has 1 aromatic rings. The maximum absolute atomic E-state index is 11.6. The van der Waals surface area contributed by atoms with Gasteiger partial charge in [-0.15, -0.1) is 0 Å². The summed E-state index contributed by atoms with van der Waals surface area (Å²) in [6.45, 7) is 2.66. The monoisotopic (exact) mass is 292 g/mol. The maximum atomic E-state index is 11.6. The van der Waals surface area contributed by atoms with E-state index in [0.29, 0.717) is 6.54 Å². The Balaban J connectivity index is 1.88. The van der Waals surface area contributed by atoms with Crippen LogP contribution in [0.4, 0.5) is 10.5 Å². The molecule has 1 aromatic carbocycles. The van der Waals surface area contributed by atoms with E-state index >= 15 is 0 Å². The van der Waals surface area contributed by atoms with Crippen LogP contribution in [0.15, 0.2) is 24.3 Å². The number of aliphatic hydroxyl groups is 1. The Morgan fingerprint density at radius 2 is 1.90 bits per heavy atom. The van der Waals surface area contributed by atoms with Crippen LogP contribution in [-0.2, 0) is 11.3 Å². The van der Waals surface area contributed by atoms with Gasteiger partial charge < -0.3 is 19.6 Å². The van der Waals surface area contributed by atoms with Gasteiger partial charge in [0.1, 0.15) is 6.61 Å². The summed E-state index contributed by atoms with van der Waals surface area (Å²) in [7, 11) is 1.69. The minimum atomic E-state index is -0.413. The minimum absolute atomic E-state index is 0.0388. The Bertz CT molecular complexity index is 441. The number of carbonyl (C=O) groups is 1. The van der Waals surface area contributed by atoms with Crippen LogP contribution in [0.3, 0.4) is 0 Å². The van der Waals surface area contributed by atoms with Crippen LogP contribution in [-0.4, -0.2) is 49.5 Å². The first-order valence-electron chi connectivity index (χ1n) is 7.53. The van der Waals surface area contributed by atoms with Crippen molar-refractivity contribution in [1.82, 2.24) is 4.90 Å². The molecule has 1 aliphatic rings. The van der Waals surface area contributed by atoms with Crippen molar-refractivity contribution < 1.29 is 14.6 Å². The molecular weight excluding hydrogens is 268 g/mol. The molecule has 1 N–H and O–H groups in total. The van der Waals surface area contributed by atoms with Gasteiger partial charge in [0, 0.05) is 32.4 Å². The van der Waals surface area contributed by atoms with E-state index in [-0.39, 0.29) is 13.2 Å². The van der Waals surface area contributed by atoms with Gasteiger partial charge in [0.15, 0.2) is 0 Å². The van der Waals surface area contributed by atoms with Crippen molar-refractivity contribution in [3.63, 3.8) is 0 Å². The molecule has 0 bridgehead atoms. The molecular formula is C16H24N2O3. The normalized spacial score (nSPS) is 14.9. The minimum Gasteiger partial charge on any atom is -0.447 e. The number of ether oxygens (including phenoxy) is 1. The van der Waals surface area contributed by atoms with Crippen molar-refractivity contribution in [1.29, 1.82) is 0 Å². The van der Waals surface area contributed by atoms with Gasteiger partial charge in [0.25, 0.3) is 0 Å². The van der Waals surface area contributed by atoms with Crippen molar-refractivity contribution in [2.24, 2.45) is 0 Å². The number of carbonyl (C=O) groups excluding carboxylic acids is 1. The SMILES string of the molecule is CN(Cc1ccc(N2CCCCC2)cc1)C(=O)OCCO. The molecule has 0 aliphatic carbocycles. The predicted molar refractivity (Wildman–Crippen MR) is 82.4 cm³/mol. The number of amides is 1. The van der Waals surface area contributed by atoms with Gasteiger partial charge in [-0.1, -0.05) is 12.1 Å². The fourth-order valence-electron chi connectivity index (χ4n) is 2.55. The number of nitrogens with zero attached hydrogens (tertiary/aromatic N) is 2. The molecule has 1 aliphatic heterocycles. The van der Waals surface area contributed by atoms with Crippen LogP contribution in [0.5, 0.6) is 0 Å². The molecule has 1 heterocycles. The third-order valence-corrected chi connectivity index (χ3v) is 3.71. The number of piperidine rings is 1. The van der Waals surface area contributed by atoms with Crippen LogP contribution in [0.25, 0.3) is 0 Å². The van der Waals surface area contributed by atoms with E-state index < -0.39 is 6.09 Å². The van der Waals surface area contributed by atoms with Gasteiger partial charge in [-0.2, -0.15) is 0 Å². The molecule has 0 unspecified atom stereocenters. The van der Waals surface area contributed by atoms with E-state index in [0.717, 1.165) is 18.7 Å². The molecule has 0 spiro atoms. The highest BCUT2D eigenvalue weighted by Crippen LogP contribution is 2.20. The number of hydrogen-bond donors (Lipinski definition) is 1. The highest BCUT2D eigenvalue weighted by molar-refractivity contribution is 5.67. The lowest BCUT2D eigenvalue weighted by Gasteiger charge is -2.29. The topological polar surface area (TPSA) is 53.0 Å². The second-order valence-corrected chi connectivity index (χ2v) is 5.41. The average molecular weight is 292 g/mol. The smallest absolute Gasteiger partial charge is 0.409 e. The van der Waals surface area contributed by atoms with Gasteiger partial charge in [-0.25, -0.2) is 4.79 Å². The zero-order valence-electron chi connectivity index (χ0n) is 12.6. The quantitative estimate of drug-likeness (QED) is 0.904. The summed E-state index contributed by atoms with van der Waals surface area (Å²) in [5.41, 5.74) is 2.32. The fourth-order valence-corrected chi connectivity index (χ4v) is 2.55. The molecule has 5 nitrogen and oxygen atoms in total. The van der Waals surface area contributed by atoms with Crippen LogP contribution in [0.2, 0.25) is 0 Å². The Kier molecular flexibility index (Phi) is 5.87. The summed E-state index contributed by atoms with van der Waals surface area (Å²) in [5.74, 6) is 0. The zero-order chi connectivity index (χ0) is 15.1. The Morgan fingerprint density at radius 3 is 2.52 bits per heavy atom. The third kappa shape index (κ3) is 4.63. The van der Waals surface area contributed by atoms with Crippen LogP contribution in [0, 0.1) is 0 Å². The fraction of sp³-hybridized carbons (Fsp3) is 0.562. The van der Waals surface area contributed by atoms with E-state index in [2.05, 4.69) is 29.2 Å². The van der Waals surface area contributed by atoms with E-state index in [1.165, 1.54) is 29.8 Å². The first-order chi connectivity index (χ1) is 10.2. The van der Waals surface area contributed by atoms with Crippen molar-refractivity contribution in [2.75, 3.05) is 38.3 Å². The van der Waals surface area contributed by atoms with Gasteiger partial charge in [0.2, 0.25) is 0 Å². The molecule has 1 saturated heterocycles. The lowest BCUT2D eigenvalue weighted by Crippen LogP contribution is -2.29. The molecule has 0 radical (unpaired) electrons. The summed E-state index contributed by atoms with van der Waals surface area (Å²) in [6, 6.07) is 8.35. The molecule has 0 atom stereocenters. The number of hydrogen-bond acceptors (Lipinski definition) is 4. The van der Waals surface area contributed by atoms with Gasteiger partial charge >= 0.3 is 6.09 Å². The van der Waals surface area contributed by atoms with Crippen LogP contribution in [0.1, 0.15) is 24.8 Å². The van der Waals surface area contributed by atoms with E-state index in [9.17, 15) is 4.79 Å². The van der Waals surface area contributed by atoms with Gasteiger partial charge in [-0.3, -0.25) is 0 Å². The lowest BCUT2D eigenvalue weighted by atomic mass is 10.1. The molecule has 116 valence electrons. The Hall–Kier alpha value is -1.75. The standard InChI is InChI=1S/C16H24N2O3/c1-17(16(20)21-12-11-19)13-14-5-7-15(8-6-14)18-9-3-2-4-10-18/h5-8,19H,2-4,9-13H2,1H3. The number of rotatable bonds is 5. The molecule has 2 rings (SSSR count). The molecule has 21 heavy (non-hydrogen) atoms. The number of aliphatic hydroxyl groups excluding tert-OH is 1. The summed E-state index contributed by atoms with van der Waals surface area (Å²) < 4.78 is 4.87. The van der Waals surface area contributed by atoms with E-state index in [1.807, 2.05) is 0 Å². The molecule has 1 amide bonds. The second-order valence-electron chi connectivity index (χ2n) is 5.41. The first-order valence-corrected chi connectivity index (χ1v) is 7.53. The van der Waals surface area contributed by atoms with Crippen molar-refractivity contribution in [3.8, 4) is 0 Å². The highest BCUT2D eigenvalue weighted by atomic mass is 16.6. The lowest BCUT2D eigenvalue weighted by molar-refractivity contribution is 0.0894. The summed E-state index contributed by atoms with van der Waals surface area (Å²) in [5, 5.41) is 8.64. The largest absolute Gasteiger partial charge is 0.447 e. The summed E-state index contributed by atoms with van der Waals surface area (Å²) >= 11 is 0. The first kappa shape index (κ1) is 15.6. The number of benzene rings is 1. The molecule has 1 fully saturated rings. The summed E-state index contributed by atoms with van der Waals surface area (Å²) in [6.07, 6.45) is 3.45. The van der Waals surface area contributed by atoms with Crippen molar-refractivity contribution in [3.05, 3.63) is 29.8 Å². The maximum Gasteiger partial charge on any atom is 0.409 e. The van der Waals surface area contributed by atoms with E-state index in [4.69, 9.17) is 9.84 Å². The Morgan fingerprint density at radius 1 is 1.24 bits per heavy atom. The van der Waals surface area contributed by atoms with Crippen molar-refractivity contribution in [2.45, 2.75) is 25.8 Å². The second kappa shape index (κ2) is 7.88. The molecule has 0 aromatic heterocycles.